The van der Waals surface area contributed by atoms with Crippen LogP contribution >= 0.6 is 11.6 Å². The number of rotatable bonds is 2. The topological polar surface area (TPSA) is 48.0 Å². The second-order valence-electron chi connectivity index (χ2n) is 2.88. The molecule has 0 saturated heterocycles. The Morgan fingerprint density at radius 2 is 2.38 bits per heavy atom. The van der Waals surface area contributed by atoms with Crippen LogP contribution < -0.4 is 11.3 Å². The fraction of sp³-hybridized carbons (Fsp3) is 0.222. The van der Waals surface area contributed by atoms with Gasteiger partial charge in [-0.3, -0.25) is 4.79 Å². The first kappa shape index (κ1) is 9.86. The van der Waals surface area contributed by atoms with Gasteiger partial charge in [-0.05, 0) is 18.6 Å². The Morgan fingerprint density at radius 1 is 1.69 bits per heavy atom. The van der Waals surface area contributed by atoms with Crippen molar-refractivity contribution in [1.29, 1.82) is 0 Å². The lowest BCUT2D eigenvalue weighted by Gasteiger charge is -2.05. The molecule has 1 aromatic rings. The standard InChI is InChI=1S/C9H11ClN2O/c1-7(4-10)5-12-6-8(11)2-3-9(12)13/h2-4,6H,5,11H2,1H3/b7-4-. The van der Waals surface area contributed by atoms with Gasteiger partial charge in [0, 0.05) is 30.0 Å². The quantitative estimate of drug-likeness (QED) is 0.784. The molecule has 0 aromatic carbocycles. The Morgan fingerprint density at radius 3 is 3.00 bits per heavy atom. The number of pyridine rings is 1. The predicted molar refractivity (Wildman–Crippen MR) is 54.7 cm³/mol. The zero-order valence-electron chi connectivity index (χ0n) is 7.33. The molecule has 1 aromatic heterocycles. The number of nitrogen functional groups attached to an aromatic ring is 1. The third-order valence-electron chi connectivity index (χ3n) is 1.61. The summed E-state index contributed by atoms with van der Waals surface area (Å²) >= 11 is 5.49. The number of aromatic nitrogens is 1. The Labute approximate surface area is 81.4 Å². The van der Waals surface area contributed by atoms with E-state index in [1.807, 2.05) is 6.92 Å². The summed E-state index contributed by atoms with van der Waals surface area (Å²) in [5.74, 6) is 0. The minimum absolute atomic E-state index is 0.0768. The van der Waals surface area contributed by atoms with Gasteiger partial charge in [-0.1, -0.05) is 11.6 Å². The maximum Gasteiger partial charge on any atom is 0.250 e. The summed E-state index contributed by atoms with van der Waals surface area (Å²) in [5, 5.41) is 0. The van der Waals surface area contributed by atoms with E-state index in [0.717, 1.165) is 5.57 Å². The molecule has 0 aliphatic carbocycles. The van der Waals surface area contributed by atoms with Crippen molar-refractivity contribution in [1.82, 2.24) is 4.57 Å². The number of nitrogens with zero attached hydrogens (tertiary/aromatic N) is 1. The SMILES string of the molecule is C/C(=C/Cl)Cn1cc(N)ccc1=O. The molecule has 1 heterocycles. The molecular formula is C9H11ClN2O. The number of allylic oxidation sites excluding steroid dienone is 1. The lowest BCUT2D eigenvalue weighted by molar-refractivity contribution is 0.750. The van der Waals surface area contributed by atoms with Crippen molar-refractivity contribution in [3.63, 3.8) is 0 Å². The number of hydrogen-bond donors (Lipinski definition) is 1. The number of anilines is 1. The minimum Gasteiger partial charge on any atom is -0.398 e. The molecule has 13 heavy (non-hydrogen) atoms. The van der Waals surface area contributed by atoms with Crippen molar-refractivity contribution in [3.05, 3.63) is 39.8 Å². The van der Waals surface area contributed by atoms with E-state index in [2.05, 4.69) is 0 Å². The molecule has 0 radical (unpaired) electrons. The van der Waals surface area contributed by atoms with Gasteiger partial charge >= 0.3 is 0 Å². The molecule has 0 unspecified atom stereocenters. The van der Waals surface area contributed by atoms with Gasteiger partial charge in [0.15, 0.2) is 0 Å². The molecule has 0 amide bonds. The molecule has 0 saturated carbocycles. The highest BCUT2D eigenvalue weighted by Gasteiger charge is 1.96. The highest BCUT2D eigenvalue weighted by Crippen LogP contribution is 2.01. The number of nitrogens with two attached hydrogens (primary N) is 1. The second kappa shape index (κ2) is 4.14. The van der Waals surface area contributed by atoms with Gasteiger partial charge in [0.2, 0.25) is 0 Å². The Balaban J connectivity index is 3.01. The van der Waals surface area contributed by atoms with Gasteiger partial charge in [0.05, 0.1) is 0 Å². The van der Waals surface area contributed by atoms with E-state index in [1.165, 1.54) is 16.2 Å². The predicted octanol–water partition coefficient (Wildman–Crippen LogP) is 1.57. The summed E-state index contributed by atoms with van der Waals surface area (Å²) in [5.41, 5.74) is 8.39. The van der Waals surface area contributed by atoms with Crippen molar-refractivity contribution in [2.75, 3.05) is 5.73 Å². The summed E-state index contributed by atoms with van der Waals surface area (Å²) in [4.78, 5) is 11.3. The highest BCUT2D eigenvalue weighted by molar-refractivity contribution is 6.25. The van der Waals surface area contributed by atoms with Gasteiger partial charge in [-0.25, -0.2) is 0 Å². The van der Waals surface area contributed by atoms with Crippen molar-refractivity contribution >= 4 is 17.3 Å². The molecule has 2 N–H and O–H groups in total. The summed E-state index contributed by atoms with van der Waals surface area (Å²) < 4.78 is 1.52. The van der Waals surface area contributed by atoms with Gasteiger partial charge in [-0.15, -0.1) is 0 Å². The average Bonchev–Trinajstić information content (AvgIpc) is 2.11. The van der Waals surface area contributed by atoms with Crippen LogP contribution in [0.2, 0.25) is 0 Å². The maximum atomic E-state index is 11.3. The largest absolute Gasteiger partial charge is 0.398 e. The second-order valence-corrected chi connectivity index (χ2v) is 3.10. The van der Waals surface area contributed by atoms with Crippen molar-refractivity contribution in [2.45, 2.75) is 13.5 Å². The lowest BCUT2D eigenvalue weighted by Crippen LogP contribution is -2.19. The first-order valence-corrected chi connectivity index (χ1v) is 4.29. The molecule has 0 aliphatic heterocycles. The molecular weight excluding hydrogens is 188 g/mol. The fourth-order valence-electron chi connectivity index (χ4n) is 0.977. The van der Waals surface area contributed by atoms with Gasteiger partial charge in [0.1, 0.15) is 0 Å². The van der Waals surface area contributed by atoms with Crippen LogP contribution in [-0.2, 0) is 6.54 Å². The van der Waals surface area contributed by atoms with Crippen LogP contribution in [0.15, 0.2) is 34.2 Å². The molecule has 4 heteroatoms. The number of hydrogen-bond acceptors (Lipinski definition) is 2. The van der Waals surface area contributed by atoms with Gasteiger partial charge < -0.3 is 10.3 Å². The van der Waals surface area contributed by atoms with Crippen LogP contribution in [0, 0.1) is 0 Å². The first-order chi connectivity index (χ1) is 6.13. The van der Waals surface area contributed by atoms with Crippen LogP contribution in [0.4, 0.5) is 5.69 Å². The van der Waals surface area contributed by atoms with Crippen molar-refractivity contribution < 1.29 is 0 Å². The summed E-state index contributed by atoms with van der Waals surface area (Å²) in [6.07, 6.45) is 1.60. The van der Waals surface area contributed by atoms with E-state index in [1.54, 1.807) is 12.3 Å². The molecule has 0 atom stereocenters. The normalized spacial score (nSPS) is 11.7. The zero-order chi connectivity index (χ0) is 9.84. The molecule has 0 bridgehead atoms. The molecule has 70 valence electrons. The summed E-state index contributed by atoms with van der Waals surface area (Å²) in [6, 6.07) is 3.02. The van der Waals surface area contributed by atoms with E-state index >= 15 is 0 Å². The average molecular weight is 199 g/mol. The third kappa shape index (κ3) is 2.63. The van der Waals surface area contributed by atoms with E-state index < -0.39 is 0 Å². The smallest absolute Gasteiger partial charge is 0.250 e. The molecule has 0 aliphatic rings. The van der Waals surface area contributed by atoms with Gasteiger partial charge in [0.25, 0.3) is 5.56 Å². The van der Waals surface area contributed by atoms with Crippen LogP contribution in [0.5, 0.6) is 0 Å². The van der Waals surface area contributed by atoms with Crippen molar-refractivity contribution in [2.24, 2.45) is 0 Å². The fourth-order valence-corrected chi connectivity index (χ4v) is 1.05. The Hall–Kier alpha value is -1.22. The van der Waals surface area contributed by atoms with E-state index in [-0.39, 0.29) is 5.56 Å². The van der Waals surface area contributed by atoms with Crippen LogP contribution in [0.25, 0.3) is 0 Å². The third-order valence-corrected chi connectivity index (χ3v) is 1.98. The Kier molecular flexibility index (Phi) is 3.14. The van der Waals surface area contributed by atoms with Crippen molar-refractivity contribution in [3.8, 4) is 0 Å². The zero-order valence-corrected chi connectivity index (χ0v) is 8.08. The Bertz CT molecular complexity index is 381. The lowest BCUT2D eigenvalue weighted by atomic mass is 10.3. The minimum atomic E-state index is -0.0768. The van der Waals surface area contributed by atoms with E-state index in [0.29, 0.717) is 12.2 Å². The maximum absolute atomic E-state index is 11.3. The number of halogens is 1. The first-order valence-electron chi connectivity index (χ1n) is 3.85. The summed E-state index contributed by atoms with van der Waals surface area (Å²) in [7, 11) is 0. The van der Waals surface area contributed by atoms with Crippen LogP contribution in [-0.4, -0.2) is 4.57 Å². The molecule has 0 fully saturated rings. The molecule has 0 spiro atoms. The van der Waals surface area contributed by atoms with E-state index in [9.17, 15) is 4.79 Å². The van der Waals surface area contributed by atoms with Crippen LogP contribution in [0.1, 0.15) is 6.92 Å². The van der Waals surface area contributed by atoms with Gasteiger partial charge in [-0.2, -0.15) is 0 Å². The van der Waals surface area contributed by atoms with E-state index in [4.69, 9.17) is 17.3 Å². The van der Waals surface area contributed by atoms with Crippen LogP contribution in [0.3, 0.4) is 0 Å². The monoisotopic (exact) mass is 198 g/mol. The molecule has 1 rings (SSSR count). The highest BCUT2D eigenvalue weighted by atomic mass is 35.5. The molecule has 3 nitrogen and oxygen atoms in total. The summed E-state index contributed by atoms with van der Waals surface area (Å²) in [6.45, 7) is 2.33.